The van der Waals surface area contributed by atoms with Crippen molar-refractivity contribution >= 4 is 40.8 Å². The first kappa shape index (κ1) is 20.8. The second kappa shape index (κ2) is 7.78. The van der Waals surface area contributed by atoms with Crippen LogP contribution in [0.25, 0.3) is 0 Å². The van der Waals surface area contributed by atoms with Crippen molar-refractivity contribution < 1.29 is 13.6 Å². The van der Waals surface area contributed by atoms with Crippen LogP contribution in [-0.2, 0) is 4.79 Å². The Labute approximate surface area is 189 Å². The zero-order valence-corrected chi connectivity index (χ0v) is 18.2. The Hall–Kier alpha value is -2.12. The maximum atomic E-state index is 14.7. The lowest BCUT2D eigenvalue weighted by atomic mass is 9.83. The van der Waals surface area contributed by atoms with Gasteiger partial charge in [0.15, 0.2) is 5.82 Å². The van der Waals surface area contributed by atoms with Gasteiger partial charge in [-0.15, -0.1) is 0 Å². The molecule has 1 aromatic carbocycles. The molecule has 9 heteroatoms. The van der Waals surface area contributed by atoms with E-state index in [0.717, 1.165) is 25.7 Å². The normalized spacial score (nSPS) is 24.3. The molecule has 1 aliphatic heterocycles. The molecule has 4 aliphatic rings. The number of benzene rings is 1. The van der Waals surface area contributed by atoms with Gasteiger partial charge in [0.2, 0.25) is 5.96 Å². The molecule has 1 amide bonds. The first-order valence-corrected chi connectivity index (χ1v) is 11.3. The summed E-state index contributed by atoms with van der Waals surface area (Å²) >= 11 is 11.9. The number of carbonyl (C=O) groups excluding carboxylic acids is 1. The number of anilines is 1. The number of fused-ring (bicyclic) bond motifs is 1. The smallest absolute Gasteiger partial charge is 0.254 e. The highest BCUT2D eigenvalue weighted by Crippen LogP contribution is 2.56. The van der Waals surface area contributed by atoms with Crippen LogP contribution in [0.3, 0.4) is 0 Å². The minimum Gasteiger partial charge on any atom is -0.349 e. The number of hydrogen-bond acceptors (Lipinski definition) is 4. The van der Waals surface area contributed by atoms with Gasteiger partial charge in [-0.3, -0.25) is 4.79 Å². The summed E-state index contributed by atoms with van der Waals surface area (Å²) in [6.07, 6.45) is 8.20. The van der Waals surface area contributed by atoms with E-state index >= 15 is 0 Å². The van der Waals surface area contributed by atoms with Gasteiger partial charge in [0.1, 0.15) is 5.83 Å². The molecule has 164 valence electrons. The van der Waals surface area contributed by atoms with Crippen LogP contribution in [-0.4, -0.2) is 24.0 Å². The van der Waals surface area contributed by atoms with E-state index in [4.69, 9.17) is 23.2 Å². The molecular formula is C22H22Cl2F2N4O. The second-order valence-electron chi connectivity index (χ2n) is 8.84. The van der Waals surface area contributed by atoms with Gasteiger partial charge >= 0.3 is 0 Å². The Morgan fingerprint density at radius 3 is 2.55 bits per heavy atom. The molecule has 2 saturated carbocycles. The van der Waals surface area contributed by atoms with Gasteiger partial charge in [-0.05, 0) is 62.1 Å². The van der Waals surface area contributed by atoms with E-state index in [-0.39, 0.29) is 39.7 Å². The third kappa shape index (κ3) is 4.05. The minimum atomic E-state index is -0.702. The van der Waals surface area contributed by atoms with Crippen molar-refractivity contribution in [1.29, 1.82) is 0 Å². The van der Waals surface area contributed by atoms with E-state index in [2.05, 4.69) is 20.9 Å². The van der Waals surface area contributed by atoms with E-state index in [1.54, 1.807) is 0 Å². The quantitative estimate of drug-likeness (QED) is 0.534. The van der Waals surface area contributed by atoms with E-state index in [1.165, 1.54) is 31.1 Å². The van der Waals surface area contributed by atoms with Gasteiger partial charge in [-0.25, -0.2) is 13.8 Å². The summed E-state index contributed by atoms with van der Waals surface area (Å²) in [5.41, 5.74) is 1.03. The number of carbonyl (C=O) groups is 1. The molecule has 0 saturated heterocycles. The highest BCUT2D eigenvalue weighted by Gasteiger charge is 2.45. The van der Waals surface area contributed by atoms with Crippen LogP contribution in [0.5, 0.6) is 0 Å². The van der Waals surface area contributed by atoms with Crippen molar-refractivity contribution in [2.75, 3.05) is 5.32 Å². The third-order valence-corrected chi connectivity index (χ3v) is 7.35. The van der Waals surface area contributed by atoms with Gasteiger partial charge in [-0.2, -0.15) is 0 Å². The predicted molar refractivity (Wildman–Crippen MR) is 117 cm³/mol. The SMILES string of the molecule is O=C(NC1CCC2(CC1)CC2)C1=C(F)CC2NC(Nc3c(Cl)ccc(Cl)c3F)=NC2=C1. The van der Waals surface area contributed by atoms with Crippen LogP contribution >= 0.6 is 23.2 Å². The fraction of sp³-hybridized carbons (Fsp3) is 0.455. The molecular weight excluding hydrogens is 445 g/mol. The Bertz CT molecular complexity index is 1040. The maximum absolute atomic E-state index is 14.7. The largest absolute Gasteiger partial charge is 0.349 e. The number of aliphatic imine (C=N–C) groups is 1. The van der Waals surface area contributed by atoms with Crippen molar-refractivity contribution in [1.82, 2.24) is 10.6 Å². The molecule has 1 atom stereocenters. The lowest BCUT2D eigenvalue weighted by Crippen LogP contribution is -2.40. The van der Waals surface area contributed by atoms with Crippen molar-refractivity contribution in [2.24, 2.45) is 10.4 Å². The van der Waals surface area contributed by atoms with Crippen LogP contribution in [0.15, 0.2) is 40.3 Å². The van der Waals surface area contributed by atoms with Gasteiger partial charge in [-0.1, -0.05) is 23.2 Å². The van der Waals surface area contributed by atoms with Crippen LogP contribution in [0.4, 0.5) is 14.5 Å². The maximum Gasteiger partial charge on any atom is 0.254 e. The predicted octanol–water partition coefficient (Wildman–Crippen LogP) is 5.22. The molecule has 3 aliphatic carbocycles. The fourth-order valence-electron chi connectivity index (χ4n) is 4.61. The van der Waals surface area contributed by atoms with Crippen LogP contribution in [0.1, 0.15) is 44.9 Å². The molecule has 0 aromatic heterocycles. The highest BCUT2D eigenvalue weighted by atomic mass is 35.5. The summed E-state index contributed by atoms with van der Waals surface area (Å²) in [4.78, 5) is 17.1. The number of rotatable bonds is 3. The summed E-state index contributed by atoms with van der Waals surface area (Å²) in [6, 6.07) is 2.48. The van der Waals surface area contributed by atoms with Crippen LogP contribution in [0, 0.1) is 11.2 Å². The lowest BCUT2D eigenvalue weighted by molar-refractivity contribution is -0.118. The molecule has 5 rings (SSSR count). The standard InChI is InChI=1S/C22H22Cl2F2N4O/c23-13-1-2-14(24)19(18(13)26)30-21-28-16-9-12(15(25)10-17(16)29-21)20(31)27-11-3-5-22(6-4-11)7-8-22/h1-2,9,11,17H,3-8,10H2,(H,27,31)(H2,28,29,30). The van der Waals surface area contributed by atoms with E-state index in [1.807, 2.05) is 0 Å². The molecule has 1 unspecified atom stereocenters. The molecule has 2 fully saturated rings. The minimum absolute atomic E-state index is 0.0109. The number of hydrogen-bond donors (Lipinski definition) is 3. The summed E-state index contributed by atoms with van der Waals surface area (Å²) in [7, 11) is 0. The van der Waals surface area contributed by atoms with Crippen LogP contribution in [0.2, 0.25) is 10.0 Å². The average Bonchev–Trinajstić information content (AvgIpc) is 3.38. The number of amides is 1. The zero-order valence-electron chi connectivity index (χ0n) is 16.7. The zero-order chi connectivity index (χ0) is 21.8. The lowest BCUT2D eigenvalue weighted by Gasteiger charge is -2.29. The Morgan fingerprint density at radius 2 is 1.84 bits per heavy atom. The average molecular weight is 467 g/mol. The van der Waals surface area contributed by atoms with Crippen molar-refractivity contribution in [3.63, 3.8) is 0 Å². The Morgan fingerprint density at radius 1 is 1.13 bits per heavy atom. The van der Waals surface area contributed by atoms with E-state index in [9.17, 15) is 13.6 Å². The Balaban J connectivity index is 1.28. The highest BCUT2D eigenvalue weighted by molar-refractivity contribution is 6.36. The molecule has 1 heterocycles. The summed E-state index contributed by atoms with van der Waals surface area (Å²) < 4.78 is 29.0. The topological polar surface area (TPSA) is 65.5 Å². The fourth-order valence-corrected chi connectivity index (χ4v) is 4.96. The van der Waals surface area contributed by atoms with Gasteiger partial charge in [0.05, 0.1) is 33.0 Å². The monoisotopic (exact) mass is 466 g/mol. The molecule has 1 spiro atoms. The Kier molecular flexibility index (Phi) is 5.21. The summed E-state index contributed by atoms with van der Waals surface area (Å²) in [5, 5.41) is 8.83. The molecule has 31 heavy (non-hydrogen) atoms. The third-order valence-electron chi connectivity index (χ3n) is 6.75. The van der Waals surface area contributed by atoms with Gasteiger partial charge in [0.25, 0.3) is 5.91 Å². The van der Waals surface area contributed by atoms with E-state index < -0.39 is 23.6 Å². The number of guanidine groups is 1. The number of halogens is 4. The summed E-state index contributed by atoms with van der Waals surface area (Å²) in [6.45, 7) is 0. The van der Waals surface area contributed by atoms with Gasteiger partial charge < -0.3 is 16.0 Å². The van der Waals surface area contributed by atoms with Crippen LogP contribution < -0.4 is 16.0 Å². The summed E-state index contributed by atoms with van der Waals surface area (Å²) in [5.74, 6) is -1.37. The van der Waals surface area contributed by atoms with Crippen molar-refractivity contribution in [2.45, 2.75) is 57.0 Å². The molecule has 1 aromatic rings. The van der Waals surface area contributed by atoms with Gasteiger partial charge in [0, 0.05) is 12.5 Å². The van der Waals surface area contributed by atoms with Crippen molar-refractivity contribution in [3.8, 4) is 0 Å². The number of nitrogens with one attached hydrogen (secondary N) is 3. The number of nitrogens with zero attached hydrogens (tertiary/aromatic N) is 1. The second-order valence-corrected chi connectivity index (χ2v) is 9.65. The van der Waals surface area contributed by atoms with Crippen molar-refractivity contribution in [3.05, 3.63) is 51.2 Å². The molecule has 0 radical (unpaired) electrons. The van der Waals surface area contributed by atoms with E-state index in [0.29, 0.717) is 11.1 Å². The molecule has 5 nitrogen and oxygen atoms in total. The first-order valence-electron chi connectivity index (χ1n) is 10.5. The molecule has 3 N–H and O–H groups in total. The first-order chi connectivity index (χ1) is 14.8. The molecule has 0 bridgehead atoms.